The number of benzene rings is 1. The lowest BCUT2D eigenvalue weighted by molar-refractivity contribution is -0.153. The van der Waals surface area contributed by atoms with Gasteiger partial charge in [-0.3, -0.25) is 0 Å². The van der Waals surface area contributed by atoms with E-state index in [1.54, 1.807) is 22.7 Å². The Morgan fingerprint density at radius 3 is 2.83 bits per heavy atom. The van der Waals surface area contributed by atoms with Gasteiger partial charge >= 0.3 is 5.97 Å². The number of aromatic nitrogens is 1. The molecule has 1 aromatic carbocycles. The van der Waals surface area contributed by atoms with Crippen molar-refractivity contribution in [2.45, 2.75) is 50.5 Å². The quantitative estimate of drug-likeness (QED) is 0.275. The van der Waals surface area contributed by atoms with Crippen molar-refractivity contribution in [1.29, 1.82) is 0 Å². The van der Waals surface area contributed by atoms with Gasteiger partial charge in [0.25, 0.3) is 0 Å². The lowest BCUT2D eigenvalue weighted by Gasteiger charge is -2.15. The number of hydrogen-bond acceptors (Lipinski definition) is 7. The van der Waals surface area contributed by atoms with Gasteiger partial charge in [-0.15, -0.1) is 34.4 Å². The van der Waals surface area contributed by atoms with Crippen molar-refractivity contribution in [3.8, 4) is 0 Å². The fourth-order valence-corrected chi connectivity index (χ4v) is 6.15. The first-order chi connectivity index (χ1) is 14.2. The predicted molar refractivity (Wildman–Crippen MR) is 123 cm³/mol. The molecule has 0 spiro atoms. The number of carbonyl (C=O) groups excluding carboxylic acids is 1. The Morgan fingerprint density at radius 1 is 1.21 bits per heavy atom. The number of methoxy groups -OCH3 is 1. The lowest BCUT2D eigenvalue weighted by atomic mass is 10.1. The summed E-state index contributed by atoms with van der Waals surface area (Å²) in [5.41, 5.74) is 2.33. The van der Waals surface area contributed by atoms with Gasteiger partial charge in [0, 0.05) is 39.1 Å². The van der Waals surface area contributed by atoms with E-state index >= 15 is 0 Å². The van der Waals surface area contributed by atoms with Gasteiger partial charge in [0.1, 0.15) is 0 Å². The third-order valence-electron chi connectivity index (χ3n) is 4.57. The summed E-state index contributed by atoms with van der Waals surface area (Å²) in [6, 6.07) is 6.46. The first-order valence-corrected chi connectivity index (χ1v) is 12.6. The minimum atomic E-state index is -0.559. The summed E-state index contributed by atoms with van der Waals surface area (Å²) in [5.74, 6) is 0.685. The third-order valence-corrected chi connectivity index (χ3v) is 7.60. The molecule has 0 bridgehead atoms. The second-order valence-electron chi connectivity index (χ2n) is 6.64. The Bertz CT molecular complexity index is 934. The van der Waals surface area contributed by atoms with Gasteiger partial charge in [-0.2, -0.15) is 0 Å². The molecule has 0 radical (unpaired) electrons. The minimum absolute atomic E-state index is 0.319. The first kappa shape index (κ1) is 22.3. The molecule has 2 aromatic heterocycles. The predicted octanol–water partition coefficient (Wildman–Crippen LogP) is 5.77. The highest BCUT2D eigenvalue weighted by molar-refractivity contribution is 7.99. The Morgan fingerprint density at radius 2 is 2.07 bits per heavy atom. The number of esters is 1. The Kier molecular flexibility index (Phi) is 8.53. The summed E-state index contributed by atoms with van der Waals surface area (Å²) < 4.78 is 11.7. The molecule has 0 aliphatic carbocycles. The van der Waals surface area contributed by atoms with Crippen molar-refractivity contribution >= 4 is 50.5 Å². The van der Waals surface area contributed by atoms with Gasteiger partial charge in [-0.05, 0) is 49.3 Å². The number of thiophene rings is 1. The molecule has 3 rings (SSSR count). The van der Waals surface area contributed by atoms with Gasteiger partial charge in [-0.1, -0.05) is 13.0 Å². The van der Waals surface area contributed by atoms with Crippen LogP contribution >= 0.6 is 34.4 Å². The minimum Gasteiger partial charge on any atom is -0.467 e. The zero-order chi connectivity index (χ0) is 20.6. The van der Waals surface area contributed by atoms with Crippen molar-refractivity contribution in [2.75, 3.05) is 19.5 Å². The van der Waals surface area contributed by atoms with E-state index < -0.39 is 6.10 Å². The first-order valence-electron chi connectivity index (χ1n) is 9.90. The molecule has 0 saturated heterocycles. The molecule has 2 heterocycles. The van der Waals surface area contributed by atoms with Gasteiger partial charge < -0.3 is 9.47 Å². The standard InChI is InChI=1S/C22H27NO3S3/c1-4-6-20-23-16(14-29-20)9-11-27-19-8-7-15(21-17(19)10-12-28-21)13-18(26-5-2)22(24)25-3/h7-8,10,12,14,18H,4-6,9,11,13H2,1-3H3/t18-/m0/s1. The van der Waals surface area contributed by atoms with Gasteiger partial charge in [0.2, 0.25) is 0 Å². The van der Waals surface area contributed by atoms with Crippen LogP contribution in [0.25, 0.3) is 10.1 Å². The van der Waals surface area contributed by atoms with Crippen molar-refractivity contribution in [3.63, 3.8) is 0 Å². The number of thioether (sulfide) groups is 1. The molecule has 3 aromatic rings. The SMILES string of the molecule is CCCc1nc(CCSc2ccc(C[C@H](OCC)C(=O)OC)c3sccc23)cs1. The van der Waals surface area contributed by atoms with Crippen LogP contribution in [0.15, 0.2) is 33.9 Å². The fourth-order valence-electron chi connectivity index (χ4n) is 3.18. The van der Waals surface area contributed by atoms with Crippen molar-refractivity contribution in [3.05, 3.63) is 45.2 Å². The number of nitrogens with zero attached hydrogens (tertiary/aromatic N) is 1. The molecule has 0 aliphatic rings. The second-order valence-corrected chi connectivity index (χ2v) is 9.63. The molecule has 156 valence electrons. The summed E-state index contributed by atoms with van der Waals surface area (Å²) in [6.45, 7) is 4.57. The average molecular weight is 450 g/mol. The molecule has 1 atom stereocenters. The summed E-state index contributed by atoms with van der Waals surface area (Å²) in [7, 11) is 1.41. The number of rotatable bonds is 11. The number of fused-ring (bicyclic) bond motifs is 1. The van der Waals surface area contributed by atoms with Crippen LogP contribution in [0.3, 0.4) is 0 Å². The van der Waals surface area contributed by atoms with E-state index in [9.17, 15) is 4.79 Å². The van der Waals surface area contributed by atoms with Gasteiger partial charge in [0.05, 0.1) is 17.8 Å². The van der Waals surface area contributed by atoms with Crippen LogP contribution in [0.2, 0.25) is 0 Å². The van der Waals surface area contributed by atoms with E-state index in [0.29, 0.717) is 13.0 Å². The van der Waals surface area contributed by atoms with Crippen LogP contribution in [0.4, 0.5) is 0 Å². The molecule has 4 nitrogen and oxygen atoms in total. The Balaban J connectivity index is 1.68. The monoisotopic (exact) mass is 449 g/mol. The van der Waals surface area contributed by atoms with E-state index in [1.165, 1.54) is 32.8 Å². The number of thiazole rings is 1. The van der Waals surface area contributed by atoms with E-state index in [2.05, 4.69) is 35.9 Å². The average Bonchev–Trinajstić information content (AvgIpc) is 3.38. The summed E-state index contributed by atoms with van der Waals surface area (Å²) in [6.07, 6.45) is 3.16. The van der Waals surface area contributed by atoms with E-state index in [-0.39, 0.29) is 5.97 Å². The zero-order valence-corrected chi connectivity index (χ0v) is 19.6. The van der Waals surface area contributed by atoms with Crippen LogP contribution in [-0.2, 0) is 33.5 Å². The van der Waals surface area contributed by atoms with E-state index in [4.69, 9.17) is 14.5 Å². The molecule has 0 unspecified atom stereocenters. The van der Waals surface area contributed by atoms with Crippen LogP contribution in [0.5, 0.6) is 0 Å². The van der Waals surface area contributed by atoms with Crippen molar-refractivity contribution < 1.29 is 14.3 Å². The van der Waals surface area contributed by atoms with Crippen LogP contribution in [-0.4, -0.2) is 36.5 Å². The summed E-state index contributed by atoms with van der Waals surface area (Å²) in [4.78, 5) is 18.0. The maximum atomic E-state index is 12.0. The Labute approximate surface area is 184 Å². The second kappa shape index (κ2) is 11.1. The topological polar surface area (TPSA) is 48.4 Å². The summed E-state index contributed by atoms with van der Waals surface area (Å²) >= 11 is 5.36. The molecular weight excluding hydrogens is 422 g/mol. The number of carbonyl (C=O) groups is 1. The third kappa shape index (κ3) is 5.81. The molecule has 29 heavy (non-hydrogen) atoms. The van der Waals surface area contributed by atoms with E-state index in [1.807, 2.05) is 18.7 Å². The normalized spacial score (nSPS) is 12.4. The molecule has 0 amide bonds. The van der Waals surface area contributed by atoms with Crippen LogP contribution < -0.4 is 0 Å². The largest absolute Gasteiger partial charge is 0.467 e. The fraction of sp³-hybridized carbons (Fsp3) is 0.455. The molecular formula is C22H27NO3S3. The molecule has 0 saturated carbocycles. The lowest BCUT2D eigenvalue weighted by Crippen LogP contribution is -2.28. The maximum absolute atomic E-state index is 12.0. The van der Waals surface area contributed by atoms with Gasteiger partial charge in [0.15, 0.2) is 6.10 Å². The number of hydrogen-bond donors (Lipinski definition) is 0. The Hall–Kier alpha value is -1.41. The van der Waals surface area contributed by atoms with Crippen molar-refractivity contribution in [1.82, 2.24) is 4.98 Å². The number of ether oxygens (including phenoxy) is 2. The highest BCUT2D eigenvalue weighted by atomic mass is 32.2. The highest BCUT2D eigenvalue weighted by Gasteiger charge is 2.21. The molecule has 0 N–H and O–H groups in total. The maximum Gasteiger partial charge on any atom is 0.335 e. The van der Waals surface area contributed by atoms with Crippen LogP contribution in [0, 0.1) is 0 Å². The van der Waals surface area contributed by atoms with Crippen molar-refractivity contribution in [2.24, 2.45) is 0 Å². The smallest absolute Gasteiger partial charge is 0.335 e. The molecule has 7 heteroatoms. The number of aryl methyl sites for hydroxylation is 2. The van der Waals surface area contributed by atoms with Gasteiger partial charge in [-0.25, -0.2) is 9.78 Å². The molecule has 0 fully saturated rings. The summed E-state index contributed by atoms with van der Waals surface area (Å²) in [5, 5.41) is 6.80. The highest BCUT2D eigenvalue weighted by Crippen LogP contribution is 2.35. The zero-order valence-electron chi connectivity index (χ0n) is 17.1. The van der Waals surface area contributed by atoms with E-state index in [0.717, 1.165) is 30.6 Å². The van der Waals surface area contributed by atoms with Crippen LogP contribution in [0.1, 0.15) is 36.5 Å². The molecule has 0 aliphatic heterocycles.